The van der Waals surface area contributed by atoms with Crippen molar-refractivity contribution in [2.45, 2.75) is 63.7 Å². The SMILES string of the molecule is CC(C)C(NC(=O)C(N)CC(=O)O)C(=O)N1CCCC1C(=O)NC(CC(N)=O)C(=O)O. The molecule has 0 spiro atoms. The molecule has 8 N–H and O–H groups in total. The summed E-state index contributed by atoms with van der Waals surface area (Å²) in [4.78, 5) is 72.1. The molecule has 0 bridgehead atoms. The van der Waals surface area contributed by atoms with Gasteiger partial charge in [-0.1, -0.05) is 13.8 Å². The Balaban J connectivity index is 2.93. The number of hydrogen-bond donors (Lipinski definition) is 6. The molecule has 31 heavy (non-hydrogen) atoms. The fraction of sp³-hybridized carbons (Fsp3) is 0.667. The van der Waals surface area contributed by atoms with Crippen molar-refractivity contribution in [3.8, 4) is 0 Å². The molecule has 13 nitrogen and oxygen atoms in total. The number of primary amides is 1. The van der Waals surface area contributed by atoms with E-state index in [2.05, 4.69) is 10.6 Å². The van der Waals surface area contributed by atoms with E-state index >= 15 is 0 Å². The van der Waals surface area contributed by atoms with Crippen LogP contribution in [0.2, 0.25) is 0 Å². The quantitative estimate of drug-likeness (QED) is 0.196. The molecule has 4 amide bonds. The van der Waals surface area contributed by atoms with Gasteiger partial charge in [0.05, 0.1) is 18.9 Å². The van der Waals surface area contributed by atoms with E-state index < -0.39 is 78.5 Å². The van der Waals surface area contributed by atoms with Gasteiger partial charge in [0, 0.05) is 6.54 Å². The normalized spacial score (nSPS) is 18.7. The van der Waals surface area contributed by atoms with Crippen LogP contribution < -0.4 is 22.1 Å². The molecule has 0 radical (unpaired) electrons. The van der Waals surface area contributed by atoms with Crippen molar-refractivity contribution in [2.24, 2.45) is 17.4 Å². The Morgan fingerprint density at radius 2 is 1.68 bits per heavy atom. The highest BCUT2D eigenvalue weighted by molar-refractivity contribution is 5.95. The van der Waals surface area contributed by atoms with Crippen LogP contribution in [0.15, 0.2) is 0 Å². The smallest absolute Gasteiger partial charge is 0.326 e. The molecule has 174 valence electrons. The Morgan fingerprint density at radius 1 is 1.06 bits per heavy atom. The van der Waals surface area contributed by atoms with Crippen LogP contribution in [0.5, 0.6) is 0 Å². The zero-order valence-corrected chi connectivity index (χ0v) is 17.4. The molecule has 1 fully saturated rings. The van der Waals surface area contributed by atoms with Gasteiger partial charge in [0.2, 0.25) is 23.6 Å². The Hall–Kier alpha value is -3.22. The van der Waals surface area contributed by atoms with Crippen molar-refractivity contribution in [1.82, 2.24) is 15.5 Å². The summed E-state index contributed by atoms with van der Waals surface area (Å²) in [5, 5.41) is 22.6. The lowest BCUT2D eigenvalue weighted by Gasteiger charge is -2.31. The van der Waals surface area contributed by atoms with Gasteiger partial charge in [0.25, 0.3) is 0 Å². The largest absolute Gasteiger partial charge is 0.481 e. The lowest BCUT2D eigenvalue weighted by Crippen LogP contribution is -2.58. The first kappa shape index (κ1) is 25.8. The monoisotopic (exact) mass is 443 g/mol. The van der Waals surface area contributed by atoms with E-state index in [1.54, 1.807) is 13.8 Å². The van der Waals surface area contributed by atoms with Gasteiger partial charge < -0.3 is 37.2 Å². The summed E-state index contributed by atoms with van der Waals surface area (Å²) >= 11 is 0. The van der Waals surface area contributed by atoms with Gasteiger partial charge in [-0.15, -0.1) is 0 Å². The molecule has 13 heteroatoms. The Bertz CT molecular complexity index is 740. The summed E-state index contributed by atoms with van der Waals surface area (Å²) in [6.45, 7) is 3.51. The third kappa shape index (κ3) is 7.51. The fourth-order valence-corrected chi connectivity index (χ4v) is 3.21. The molecule has 4 unspecified atom stereocenters. The molecular weight excluding hydrogens is 414 g/mol. The van der Waals surface area contributed by atoms with E-state index in [-0.39, 0.29) is 13.0 Å². The zero-order valence-electron chi connectivity index (χ0n) is 17.4. The lowest BCUT2D eigenvalue weighted by molar-refractivity contribution is -0.146. The molecule has 1 aliphatic heterocycles. The van der Waals surface area contributed by atoms with Crippen molar-refractivity contribution in [3.05, 3.63) is 0 Å². The maximum atomic E-state index is 13.1. The number of nitrogens with two attached hydrogens (primary N) is 2. The Morgan fingerprint density at radius 3 is 2.16 bits per heavy atom. The van der Waals surface area contributed by atoms with Crippen molar-refractivity contribution < 1.29 is 39.0 Å². The van der Waals surface area contributed by atoms with Crippen LogP contribution in [0.1, 0.15) is 39.5 Å². The summed E-state index contributed by atoms with van der Waals surface area (Å²) in [5.41, 5.74) is 10.5. The van der Waals surface area contributed by atoms with E-state index in [1.165, 1.54) is 4.90 Å². The first-order chi connectivity index (χ1) is 14.3. The number of carboxylic acid groups (broad SMARTS) is 2. The predicted octanol–water partition coefficient (Wildman–Crippen LogP) is -2.63. The summed E-state index contributed by atoms with van der Waals surface area (Å²) in [6.07, 6.45) is -0.490. The third-order valence-electron chi connectivity index (χ3n) is 4.82. The van der Waals surface area contributed by atoms with E-state index in [4.69, 9.17) is 21.7 Å². The molecule has 1 heterocycles. The molecule has 1 rings (SSSR count). The number of carbonyl (C=O) groups excluding carboxylic acids is 4. The first-order valence-corrected chi connectivity index (χ1v) is 9.74. The van der Waals surface area contributed by atoms with Crippen molar-refractivity contribution in [1.29, 1.82) is 0 Å². The summed E-state index contributed by atoms with van der Waals surface area (Å²) in [6, 6.07) is -4.94. The minimum absolute atomic E-state index is 0.199. The highest BCUT2D eigenvalue weighted by Crippen LogP contribution is 2.21. The number of rotatable bonds is 11. The van der Waals surface area contributed by atoms with E-state index in [0.717, 1.165) is 0 Å². The van der Waals surface area contributed by atoms with Gasteiger partial charge in [0.15, 0.2) is 0 Å². The van der Waals surface area contributed by atoms with E-state index in [1.807, 2.05) is 0 Å². The average Bonchev–Trinajstić information content (AvgIpc) is 3.13. The molecule has 0 aromatic carbocycles. The second-order valence-electron chi connectivity index (χ2n) is 7.69. The highest BCUT2D eigenvalue weighted by Gasteiger charge is 2.40. The van der Waals surface area contributed by atoms with Gasteiger partial charge in [0.1, 0.15) is 18.1 Å². The van der Waals surface area contributed by atoms with Crippen LogP contribution in [0.25, 0.3) is 0 Å². The summed E-state index contributed by atoms with van der Waals surface area (Å²) < 4.78 is 0. The molecule has 0 aromatic heterocycles. The molecule has 0 aromatic rings. The van der Waals surface area contributed by atoms with Crippen LogP contribution in [-0.4, -0.2) is 81.4 Å². The van der Waals surface area contributed by atoms with Crippen LogP contribution in [0.4, 0.5) is 0 Å². The van der Waals surface area contributed by atoms with Crippen molar-refractivity contribution in [2.75, 3.05) is 6.54 Å². The predicted molar refractivity (Wildman–Crippen MR) is 105 cm³/mol. The van der Waals surface area contributed by atoms with E-state index in [9.17, 15) is 28.8 Å². The average molecular weight is 443 g/mol. The molecule has 0 aliphatic carbocycles. The third-order valence-corrected chi connectivity index (χ3v) is 4.82. The second-order valence-corrected chi connectivity index (χ2v) is 7.69. The van der Waals surface area contributed by atoms with Gasteiger partial charge >= 0.3 is 11.9 Å². The van der Waals surface area contributed by atoms with Crippen LogP contribution >= 0.6 is 0 Å². The maximum absolute atomic E-state index is 13.1. The maximum Gasteiger partial charge on any atom is 0.326 e. The summed E-state index contributed by atoms with van der Waals surface area (Å²) in [5.74, 6) is -6.17. The van der Waals surface area contributed by atoms with Gasteiger partial charge in [-0.25, -0.2) is 4.79 Å². The van der Waals surface area contributed by atoms with Crippen LogP contribution in [0.3, 0.4) is 0 Å². The number of amides is 4. The molecule has 4 atom stereocenters. The molecular formula is C18H29N5O8. The Kier molecular flexibility index (Phi) is 9.37. The number of nitrogens with one attached hydrogen (secondary N) is 2. The molecule has 0 saturated carbocycles. The fourth-order valence-electron chi connectivity index (χ4n) is 3.21. The lowest BCUT2D eigenvalue weighted by atomic mass is 10.0. The van der Waals surface area contributed by atoms with Gasteiger partial charge in [-0.05, 0) is 18.8 Å². The minimum atomic E-state index is -1.53. The number of aliphatic carboxylic acids is 2. The Labute approximate surface area is 178 Å². The number of hydrogen-bond acceptors (Lipinski definition) is 7. The van der Waals surface area contributed by atoms with Crippen LogP contribution in [-0.2, 0) is 28.8 Å². The van der Waals surface area contributed by atoms with E-state index in [0.29, 0.717) is 6.42 Å². The van der Waals surface area contributed by atoms with Crippen LogP contribution in [0, 0.1) is 5.92 Å². The number of carboxylic acids is 2. The van der Waals surface area contributed by atoms with Crippen molar-refractivity contribution in [3.63, 3.8) is 0 Å². The van der Waals surface area contributed by atoms with Gasteiger partial charge in [-0.3, -0.25) is 24.0 Å². The molecule has 1 saturated heterocycles. The number of nitrogens with zero attached hydrogens (tertiary/aromatic N) is 1. The highest BCUT2D eigenvalue weighted by atomic mass is 16.4. The van der Waals surface area contributed by atoms with Crippen molar-refractivity contribution >= 4 is 35.6 Å². The minimum Gasteiger partial charge on any atom is -0.481 e. The first-order valence-electron chi connectivity index (χ1n) is 9.74. The standard InChI is InChI=1S/C18H29N5O8/c1-8(2)14(22-15(27)9(19)6-13(25)26)17(29)23-5-3-4-11(23)16(28)21-10(18(30)31)7-12(20)24/h8-11,14H,3-7,19H2,1-2H3,(H2,20,24)(H,21,28)(H,22,27)(H,25,26)(H,30,31). The second kappa shape index (κ2) is 11.2. The number of carbonyl (C=O) groups is 6. The van der Waals surface area contributed by atoms with Gasteiger partial charge in [-0.2, -0.15) is 0 Å². The zero-order chi connectivity index (χ0) is 23.9. The molecule has 1 aliphatic rings. The number of likely N-dealkylation sites (tertiary alicyclic amines) is 1. The summed E-state index contributed by atoms with van der Waals surface area (Å²) in [7, 11) is 0. The topological polar surface area (TPSA) is 222 Å².